The number of likely N-dealkylation sites (tertiary alicyclic amines) is 1. The molecule has 0 bridgehead atoms. The summed E-state index contributed by atoms with van der Waals surface area (Å²) in [6.07, 6.45) is 6.22. The third-order valence-corrected chi connectivity index (χ3v) is 10.2. The second-order valence-electron chi connectivity index (χ2n) is 11.7. The normalized spacial score (nSPS) is 19.5. The number of amides is 1. The van der Waals surface area contributed by atoms with Crippen LogP contribution in [0.2, 0.25) is 5.02 Å². The van der Waals surface area contributed by atoms with Crippen LogP contribution >= 0.6 is 35.8 Å². The first-order valence-corrected chi connectivity index (χ1v) is 16.9. The Hall–Kier alpha value is -1.65. The maximum absolute atomic E-state index is 13.7. The summed E-state index contributed by atoms with van der Waals surface area (Å²) in [5, 5.41) is 4.19. The van der Waals surface area contributed by atoms with Gasteiger partial charge in [-0.1, -0.05) is 36.7 Å². The van der Waals surface area contributed by atoms with Gasteiger partial charge in [-0.2, -0.15) is 0 Å². The minimum absolute atomic E-state index is 0. The van der Waals surface area contributed by atoms with Crippen molar-refractivity contribution in [1.29, 1.82) is 0 Å². The van der Waals surface area contributed by atoms with Crippen molar-refractivity contribution >= 4 is 47.3 Å². The first-order chi connectivity index (χ1) is 20.4. The van der Waals surface area contributed by atoms with Crippen LogP contribution in [0.25, 0.3) is 5.57 Å². The number of rotatable bonds is 10. The maximum Gasteiger partial charge on any atom is 0.239 e. The van der Waals surface area contributed by atoms with Crippen LogP contribution in [0.5, 0.6) is 0 Å². The van der Waals surface area contributed by atoms with E-state index in [4.69, 9.17) is 17.3 Å². The molecule has 1 unspecified atom stereocenters. The lowest BCUT2D eigenvalue weighted by Gasteiger charge is -2.39. The lowest BCUT2D eigenvalue weighted by molar-refractivity contribution is -0.136. The van der Waals surface area contributed by atoms with E-state index < -0.39 is 6.04 Å². The lowest BCUT2D eigenvalue weighted by atomic mass is 9.88. The van der Waals surface area contributed by atoms with Crippen LogP contribution in [-0.4, -0.2) is 91.3 Å². The van der Waals surface area contributed by atoms with Gasteiger partial charge in [-0.15, -0.1) is 24.2 Å². The highest BCUT2D eigenvalue weighted by atomic mass is 35.5. The van der Waals surface area contributed by atoms with Crippen LogP contribution in [0.15, 0.2) is 47.4 Å². The van der Waals surface area contributed by atoms with Crippen LogP contribution in [0.4, 0.5) is 4.39 Å². The topological polar surface area (TPSA) is 64.8 Å². The Kier molecular flexibility index (Phi) is 13.2. The molecule has 6 nitrogen and oxygen atoms in total. The van der Waals surface area contributed by atoms with E-state index in [1.165, 1.54) is 16.7 Å². The zero-order chi connectivity index (χ0) is 29.5. The number of piperidine rings is 1. The predicted octanol–water partition coefficient (Wildman–Crippen LogP) is 5.32. The number of nitrogens with one attached hydrogen (secondary N) is 1. The summed E-state index contributed by atoms with van der Waals surface area (Å²) in [4.78, 5) is 21.2. The highest BCUT2D eigenvalue weighted by Gasteiger charge is 2.33. The van der Waals surface area contributed by atoms with Crippen LogP contribution in [-0.2, 0) is 17.8 Å². The fourth-order valence-corrected chi connectivity index (χ4v) is 7.51. The van der Waals surface area contributed by atoms with Crippen molar-refractivity contribution in [2.75, 3.05) is 64.7 Å². The molecule has 43 heavy (non-hydrogen) atoms. The molecule has 236 valence electrons. The number of benzene rings is 2. The van der Waals surface area contributed by atoms with Crippen molar-refractivity contribution in [3.63, 3.8) is 0 Å². The van der Waals surface area contributed by atoms with Crippen molar-refractivity contribution in [1.82, 2.24) is 20.0 Å². The van der Waals surface area contributed by atoms with Crippen LogP contribution in [0.1, 0.15) is 42.9 Å². The Morgan fingerprint density at radius 2 is 1.84 bits per heavy atom. The second kappa shape index (κ2) is 16.6. The van der Waals surface area contributed by atoms with E-state index in [9.17, 15) is 9.18 Å². The standard InChI is InChI=1S/C33H45ClFN5OS.ClH/c1-2-42-31-22-29(35)5-3-27(31)23-39-17-19-40(20-18-39)33(41)32(36)25-9-14-38(15-10-25)16-11-26-21-28(34)4-6-30(26)24-7-12-37-13-8-24;/h3-7,21-22,25,32,37H,2,8-20,23,36H2,1H3;1H. The monoisotopic (exact) mass is 649 g/mol. The van der Waals surface area contributed by atoms with Gasteiger partial charge in [-0.3, -0.25) is 9.69 Å². The molecule has 1 amide bonds. The molecule has 2 aromatic carbocycles. The molecular weight excluding hydrogens is 604 g/mol. The Bertz CT molecular complexity index is 1250. The van der Waals surface area contributed by atoms with Gasteiger partial charge in [0.05, 0.1) is 6.04 Å². The van der Waals surface area contributed by atoms with Gasteiger partial charge in [-0.25, -0.2) is 4.39 Å². The summed E-state index contributed by atoms with van der Waals surface area (Å²) in [7, 11) is 0. The fourth-order valence-electron chi connectivity index (χ4n) is 6.49. The minimum atomic E-state index is -0.435. The van der Waals surface area contributed by atoms with Crippen LogP contribution < -0.4 is 11.1 Å². The Morgan fingerprint density at radius 1 is 1.07 bits per heavy atom. The number of carbonyl (C=O) groups is 1. The average Bonchev–Trinajstić information content (AvgIpc) is 3.02. The summed E-state index contributed by atoms with van der Waals surface area (Å²) < 4.78 is 13.7. The molecule has 0 saturated carbocycles. The highest BCUT2D eigenvalue weighted by Crippen LogP contribution is 2.28. The van der Waals surface area contributed by atoms with Crippen molar-refractivity contribution < 1.29 is 9.18 Å². The van der Waals surface area contributed by atoms with Gasteiger partial charge < -0.3 is 20.9 Å². The molecule has 3 aliphatic heterocycles. The smallest absolute Gasteiger partial charge is 0.239 e. The number of thioether (sulfide) groups is 1. The largest absolute Gasteiger partial charge is 0.339 e. The van der Waals surface area contributed by atoms with Gasteiger partial charge in [0.2, 0.25) is 5.91 Å². The maximum atomic E-state index is 13.7. The molecule has 0 aliphatic carbocycles. The molecule has 2 saturated heterocycles. The number of halogens is 3. The number of hydrogen-bond acceptors (Lipinski definition) is 6. The quantitative estimate of drug-likeness (QED) is 0.340. The van der Waals surface area contributed by atoms with E-state index in [1.807, 2.05) is 17.0 Å². The van der Waals surface area contributed by atoms with Gasteiger partial charge in [-0.05, 0) is 104 Å². The molecule has 1 atom stereocenters. The molecule has 10 heteroatoms. The molecule has 3 N–H and O–H groups in total. The lowest BCUT2D eigenvalue weighted by Crippen LogP contribution is -2.55. The summed E-state index contributed by atoms with van der Waals surface area (Å²) in [5.41, 5.74) is 11.8. The van der Waals surface area contributed by atoms with Crippen LogP contribution in [0.3, 0.4) is 0 Å². The van der Waals surface area contributed by atoms with Gasteiger partial charge in [0.25, 0.3) is 0 Å². The van der Waals surface area contributed by atoms with E-state index in [1.54, 1.807) is 23.9 Å². The molecule has 2 fully saturated rings. The first kappa shape index (κ1) is 34.2. The molecule has 0 aromatic heterocycles. The highest BCUT2D eigenvalue weighted by molar-refractivity contribution is 7.99. The molecular formula is C33H46Cl2FN5OS. The molecule has 0 radical (unpaired) electrons. The van der Waals surface area contributed by atoms with E-state index in [0.717, 1.165) is 99.3 Å². The molecule has 3 aliphatic rings. The van der Waals surface area contributed by atoms with Crippen molar-refractivity contribution in [3.05, 3.63) is 70.0 Å². The van der Waals surface area contributed by atoms with E-state index in [-0.39, 0.29) is 30.0 Å². The summed E-state index contributed by atoms with van der Waals surface area (Å²) in [5.74, 6) is 1.04. The van der Waals surface area contributed by atoms with Gasteiger partial charge >= 0.3 is 0 Å². The SMILES string of the molecule is CCSc1cc(F)ccc1CN1CCN(C(=O)C(N)C2CCN(CCc3cc(Cl)ccc3C3=CCNCC3)CC2)CC1.Cl. The number of piperazine rings is 1. The van der Waals surface area contributed by atoms with E-state index in [2.05, 4.69) is 40.2 Å². The van der Waals surface area contributed by atoms with E-state index >= 15 is 0 Å². The predicted molar refractivity (Wildman–Crippen MR) is 180 cm³/mol. The van der Waals surface area contributed by atoms with Gasteiger partial charge in [0.15, 0.2) is 0 Å². The molecule has 2 aromatic rings. The van der Waals surface area contributed by atoms with Crippen LogP contribution in [0, 0.1) is 11.7 Å². The average molecular weight is 651 g/mol. The fraction of sp³-hybridized carbons (Fsp3) is 0.545. The summed E-state index contributed by atoms with van der Waals surface area (Å²) in [6, 6.07) is 10.9. The Labute approximate surface area is 272 Å². The number of carbonyl (C=O) groups excluding carboxylic acids is 1. The number of hydrogen-bond donors (Lipinski definition) is 2. The number of nitrogens with zero attached hydrogens (tertiary/aromatic N) is 3. The first-order valence-electron chi connectivity index (χ1n) is 15.5. The summed E-state index contributed by atoms with van der Waals surface area (Å²) >= 11 is 8.06. The second-order valence-corrected chi connectivity index (χ2v) is 13.5. The van der Waals surface area contributed by atoms with Crippen molar-refractivity contribution in [2.24, 2.45) is 11.7 Å². The Balaban J connectivity index is 0.00000423. The van der Waals surface area contributed by atoms with Gasteiger partial charge in [0, 0.05) is 55.7 Å². The third kappa shape index (κ3) is 9.19. The zero-order valence-corrected chi connectivity index (χ0v) is 27.6. The third-order valence-electron chi connectivity index (χ3n) is 9.01. The van der Waals surface area contributed by atoms with Crippen molar-refractivity contribution in [3.8, 4) is 0 Å². The molecule has 3 heterocycles. The summed E-state index contributed by atoms with van der Waals surface area (Å²) in [6.45, 7) is 10.7. The van der Waals surface area contributed by atoms with Gasteiger partial charge in [0.1, 0.15) is 5.82 Å². The molecule has 0 spiro atoms. The van der Waals surface area contributed by atoms with Crippen molar-refractivity contribution in [2.45, 2.75) is 50.1 Å². The molecule has 5 rings (SSSR count). The number of nitrogens with two attached hydrogens (primary N) is 1. The van der Waals surface area contributed by atoms with E-state index in [0.29, 0.717) is 13.1 Å². The Morgan fingerprint density at radius 3 is 2.53 bits per heavy atom. The zero-order valence-electron chi connectivity index (χ0n) is 25.2. The minimum Gasteiger partial charge on any atom is -0.339 e.